The van der Waals surface area contributed by atoms with Gasteiger partial charge in [0.25, 0.3) is 0 Å². The van der Waals surface area contributed by atoms with Crippen molar-refractivity contribution in [1.29, 1.82) is 0 Å². The quantitative estimate of drug-likeness (QED) is 0.840. The lowest BCUT2D eigenvalue weighted by Crippen LogP contribution is -2.44. The van der Waals surface area contributed by atoms with Crippen molar-refractivity contribution >= 4 is 17.2 Å². The van der Waals surface area contributed by atoms with Crippen LogP contribution in [0.2, 0.25) is 0 Å². The molecule has 2 unspecified atom stereocenters. The second-order valence-corrected chi connectivity index (χ2v) is 6.55. The summed E-state index contributed by atoms with van der Waals surface area (Å²) in [7, 11) is 1.98. The highest BCUT2D eigenvalue weighted by Crippen LogP contribution is 2.28. The Morgan fingerprint density at radius 3 is 2.35 bits per heavy atom. The summed E-state index contributed by atoms with van der Waals surface area (Å²) >= 11 is 1.75. The fourth-order valence-electron chi connectivity index (χ4n) is 2.48. The van der Waals surface area contributed by atoms with Crippen molar-refractivity contribution in [3.05, 3.63) is 21.9 Å². The molecule has 0 saturated carbocycles. The van der Waals surface area contributed by atoms with Gasteiger partial charge in [-0.2, -0.15) is 0 Å². The van der Waals surface area contributed by atoms with Gasteiger partial charge >= 0.3 is 0 Å². The fraction of sp³-hybridized carbons (Fsp3) is 0.667. The molecular weight excluding hydrogens is 270 g/mol. The van der Waals surface area contributed by atoms with E-state index < -0.39 is 0 Å². The Kier molecular flexibility index (Phi) is 6.65. The van der Waals surface area contributed by atoms with Gasteiger partial charge in [-0.05, 0) is 46.9 Å². The van der Waals surface area contributed by atoms with E-state index in [4.69, 9.17) is 5.73 Å². The molecule has 2 atom stereocenters. The van der Waals surface area contributed by atoms with Crippen LogP contribution in [0.1, 0.15) is 36.6 Å². The Morgan fingerprint density at radius 2 is 1.95 bits per heavy atom. The molecule has 0 aliphatic heterocycles. The van der Waals surface area contributed by atoms with Crippen molar-refractivity contribution in [2.45, 2.75) is 39.8 Å². The minimum atomic E-state index is -0.0115. The molecule has 0 aliphatic rings. The SMILES string of the molecule is CCN(CC)C(=O)CN(C)C(c1ccc(C)s1)C(C)N. The lowest BCUT2D eigenvalue weighted by Gasteiger charge is -2.31. The lowest BCUT2D eigenvalue weighted by molar-refractivity contribution is -0.132. The van der Waals surface area contributed by atoms with Gasteiger partial charge in [0.15, 0.2) is 0 Å². The molecule has 0 bridgehead atoms. The molecule has 1 heterocycles. The molecule has 0 aliphatic carbocycles. The van der Waals surface area contributed by atoms with E-state index in [9.17, 15) is 4.79 Å². The predicted octanol–water partition coefficient (Wildman–Crippen LogP) is 2.25. The molecule has 20 heavy (non-hydrogen) atoms. The summed E-state index contributed by atoms with van der Waals surface area (Å²) in [6, 6.07) is 4.30. The topological polar surface area (TPSA) is 49.6 Å². The number of nitrogens with zero attached hydrogens (tertiary/aromatic N) is 2. The minimum absolute atomic E-state index is 0.0115. The van der Waals surface area contributed by atoms with Crippen molar-refractivity contribution in [2.75, 3.05) is 26.7 Å². The number of thiophene rings is 1. The van der Waals surface area contributed by atoms with Crippen LogP contribution in [-0.2, 0) is 4.79 Å². The maximum absolute atomic E-state index is 12.2. The van der Waals surface area contributed by atoms with Crippen LogP contribution in [0, 0.1) is 6.92 Å². The first-order valence-electron chi connectivity index (χ1n) is 7.20. The highest BCUT2D eigenvalue weighted by Gasteiger charge is 2.25. The van der Waals surface area contributed by atoms with Gasteiger partial charge in [-0.1, -0.05) is 0 Å². The van der Waals surface area contributed by atoms with Gasteiger partial charge in [0.05, 0.1) is 12.6 Å². The van der Waals surface area contributed by atoms with Gasteiger partial charge in [-0.15, -0.1) is 11.3 Å². The third-order valence-electron chi connectivity index (χ3n) is 3.53. The number of rotatable bonds is 7. The van der Waals surface area contributed by atoms with Gasteiger partial charge in [0, 0.05) is 28.9 Å². The molecule has 0 aromatic carbocycles. The smallest absolute Gasteiger partial charge is 0.236 e. The number of hydrogen-bond donors (Lipinski definition) is 1. The molecule has 4 nitrogen and oxygen atoms in total. The average Bonchev–Trinajstić information content (AvgIpc) is 2.76. The highest BCUT2D eigenvalue weighted by atomic mass is 32.1. The van der Waals surface area contributed by atoms with Crippen molar-refractivity contribution in [1.82, 2.24) is 9.80 Å². The Labute approximate surface area is 126 Å². The Hall–Kier alpha value is -0.910. The summed E-state index contributed by atoms with van der Waals surface area (Å²) < 4.78 is 0. The van der Waals surface area contributed by atoms with E-state index in [0.29, 0.717) is 6.54 Å². The summed E-state index contributed by atoms with van der Waals surface area (Å²) in [5, 5.41) is 0. The normalized spacial score (nSPS) is 14.3. The summed E-state index contributed by atoms with van der Waals surface area (Å²) in [6.07, 6.45) is 0. The summed E-state index contributed by atoms with van der Waals surface area (Å²) in [5.74, 6) is 0.163. The van der Waals surface area contributed by atoms with E-state index >= 15 is 0 Å². The van der Waals surface area contributed by atoms with E-state index in [0.717, 1.165) is 13.1 Å². The molecule has 0 radical (unpaired) electrons. The Bertz CT molecular complexity index is 427. The molecule has 0 fully saturated rings. The molecule has 0 spiro atoms. The zero-order valence-corrected chi connectivity index (χ0v) is 14.0. The van der Waals surface area contributed by atoms with Crippen LogP contribution >= 0.6 is 11.3 Å². The first-order chi connectivity index (χ1) is 9.40. The second kappa shape index (κ2) is 7.76. The van der Waals surface area contributed by atoms with Crippen molar-refractivity contribution in [2.24, 2.45) is 5.73 Å². The zero-order valence-electron chi connectivity index (χ0n) is 13.2. The number of amides is 1. The van der Waals surface area contributed by atoms with Crippen molar-refractivity contribution in [3.8, 4) is 0 Å². The summed E-state index contributed by atoms with van der Waals surface area (Å²) in [6.45, 7) is 10.0. The van der Waals surface area contributed by atoms with Gasteiger partial charge < -0.3 is 10.6 Å². The average molecular weight is 297 g/mol. The third kappa shape index (κ3) is 4.30. The fourth-order valence-corrected chi connectivity index (χ4v) is 3.64. The number of likely N-dealkylation sites (N-methyl/N-ethyl adjacent to an activating group) is 2. The summed E-state index contributed by atoms with van der Waals surface area (Å²) in [4.78, 5) is 18.6. The van der Waals surface area contributed by atoms with Crippen LogP contribution in [0.25, 0.3) is 0 Å². The first kappa shape index (κ1) is 17.1. The number of hydrogen-bond acceptors (Lipinski definition) is 4. The van der Waals surface area contributed by atoms with Gasteiger partial charge in [0.1, 0.15) is 0 Å². The minimum Gasteiger partial charge on any atom is -0.342 e. The maximum atomic E-state index is 12.2. The maximum Gasteiger partial charge on any atom is 0.236 e. The summed E-state index contributed by atoms with van der Waals surface area (Å²) in [5.41, 5.74) is 6.14. The van der Waals surface area contributed by atoms with E-state index in [1.54, 1.807) is 11.3 Å². The predicted molar refractivity (Wildman–Crippen MR) is 86.0 cm³/mol. The molecule has 1 amide bonds. The molecule has 1 aromatic heterocycles. The molecule has 5 heteroatoms. The number of carbonyl (C=O) groups excluding carboxylic acids is 1. The van der Waals surface area contributed by atoms with Gasteiger partial charge in [0.2, 0.25) is 5.91 Å². The van der Waals surface area contributed by atoms with Crippen molar-refractivity contribution < 1.29 is 4.79 Å². The molecule has 1 rings (SSSR count). The molecule has 1 aromatic rings. The standard InChI is InChI=1S/C15H27N3OS/c1-6-18(7-2)14(19)10-17(5)15(12(4)16)13-9-8-11(3)20-13/h8-9,12,15H,6-7,10,16H2,1-5H3. The highest BCUT2D eigenvalue weighted by molar-refractivity contribution is 7.12. The van der Waals surface area contributed by atoms with E-state index in [1.165, 1.54) is 9.75 Å². The van der Waals surface area contributed by atoms with Gasteiger partial charge in [-0.25, -0.2) is 0 Å². The Morgan fingerprint density at radius 1 is 1.35 bits per heavy atom. The lowest BCUT2D eigenvalue weighted by atomic mass is 10.1. The number of nitrogens with two attached hydrogens (primary N) is 1. The Balaban J connectivity index is 2.80. The van der Waals surface area contributed by atoms with Crippen LogP contribution in [0.3, 0.4) is 0 Å². The van der Waals surface area contributed by atoms with E-state index in [2.05, 4.69) is 24.0 Å². The molecule has 114 valence electrons. The van der Waals surface area contributed by atoms with E-state index in [1.807, 2.05) is 32.7 Å². The van der Waals surface area contributed by atoms with Gasteiger partial charge in [-0.3, -0.25) is 9.69 Å². The largest absolute Gasteiger partial charge is 0.342 e. The monoisotopic (exact) mass is 297 g/mol. The van der Waals surface area contributed by atoms with Crippen LogP contribution in [0.4, 0.5) is 0 Å². The van der Waals surface area contributed by atoms with E-state index in [-0.39, 0.29) is 18.0 Å². The first-order valence-corrected chi connectivity index (χ1v) is 8.02. The van der Waals surface area contributed by atoms with Crippen LogP contribution in [-0.4, -0.2) is 48.4 Å². The molecular formula is C15H27N3OS. The third-order valence-corrected chi connectivity index (χ3v) is 4.60. The van der Waals surface area contributed by atoms with Crippen LogP contribution in [0.5, 0.6) is 0 Å². The molecule has 0 saturated heterocycles. The number of carbonyl (C=O) groups is 1. The second-order valence-electron chi connectivity index (χ2n) is 5.23. The van der Waals surface area contributed by atoms with Crippen LogP contribution < -0.4 is 5.73 Å². The zero-order chi connectivity index (χ0) is 15.3. The molecule has 2 N–H and O–H groups in total. The van der Waals surface area contributed by atoms with Crippen molar-refractivity contribution in [3.63, 3.8) is 0 Å². The van der Waals surface area contributed by atoms with Crippen LogP contribution in [0.15, 0.2) is 12.1 Å². The number of aryl methyl sites for hydroxylation is 1.